The van der Waals surface area contributed by atoms with E-state index in [0.717, 1.165) is 0 Å². The van der Waals surface area contributed by atoms with Crippen LogP contribution in [0, 0.1) is 11.3 Å². The van der Waals surface area contributed by atoms with E-state index in [9.17, 15) is 13.2 Å². The third-order valence-corrected chi connectivity index (χ3v) is 5.97. The van der Waals surface area contributed by atoms with Crippen molar-refractivity contribution in [3.63, 3.8) is 0 Å². The fourth-order valence-electron chi connectivity index (χ4n) is 2.65. The molecule has 0 unspecified atom stereocenters. The van der Waals surface area contributed by atoms with Gasteiger partial charge in [0.2, 0.25) is 10.0 Å². The van der Waals surface area contributed by atoms with Gasteiger partial charge in [-0.15, -0.1) is 0 Å². The number of carbonyl (C=O) groups is 1. The molecule has 0 saturated carbocycles. The second-order valence-electron chi connectivity index (χ2n) is 5.57. The van der Waals surface area contributed by atoms with Crippen LogP contribution in [0.5, 0.6) is 0 Å². The Balaban J connectivity index is 1.69. The predicted octanol–water partition coefficient (Wildman–Crippen LogP) is 1.10. The van der Waals surface area contributed by atoms with Gasteiger partial charge in [-0.2, -0.15) is 9.57 Å². The first-order valence-corrected chi connectivity index (χ1v) is 9.16. The van der Waals surface area contributed by atoms with Crippen LogP contribution in [0.1, 0.15) is 15.9 Å². The average molecular weight is 356 g/mol. The molecule has 1 saturated heterocycles. The largest absolute Gasteiger partial charge is 0.336 e. The van der Waals surface area contributed by atoms with E-state index in [1.165, 1.54) is 34.8 Å². The van der Waals surface area contributed by atoms with Crippen molar-refractivity contribution in [3.8, 4) is 6.07 Å². The van der Waals surface area contributed by atoms with Crippen LogP contribution in [-0.2, 0) is 10.0 Å². The van der Waals surface area contributed by atoms with Crippen LogP contribution in [0.25, 0.3) is 0 Å². The van der Waals surface area contributed by atoms with Gasteiger partial charge in [0.25, 0.3) is 5.91 Å². The van der Waals surface area contributed by atoms with Gasteiger partial charge in [0, 0.05) is 38.6 Å². The molecule has 0 bridgehead atoms. The minimum Gasteiger partial charge on any atom is -0.336 e. The van der Waals surface area contributed by atoms with Gasteiger partial charge >= 0.3 is 0 Å². The van der Waals surface area contributed by atoms with Crippen molar-refractivity contribution in [3.05, 3.63) is 59.9 Å². The van der Waals surface area contributed by atoms with E-state index < -0.39 is 10.0 Å². The summed E-state index contributed by atoms with van der Waals surface area (Å²) in [4.78, 5) is 18.1. The quantitative estimate of drug-likeness (QED) is 0.821. The molecule has 0 aliphatic carbocycles. The lowest BCUT2D eigenvalue weighted by atomic mass is 10.2. The summed E-state index contributed by atoms with van der Waals surface area (Å²) in [5, 5.41) is 8.80. The SMILES string of the molecule is N#Cc1ccc(S(=O)(=O)N2CCN(C(=O)c3cccnc3)CC2)cc1. The average Bonchev–Trinajstić information content (AvgIpc) is 2.68. The van der Waals surface area contributed by atoms with Crippen LogP contribution in [0.4, 0.5) is 0 Å². The lowest BCUT2D eigenvalue weighted by Crippen LogP contribution is -2.50. The Morgan fingerprint density at radius 1 is 1.08 bits per heavy atom. The number of benzene rings is 1. The number of sulfonamides is 1. The summed E-state index contributed by atoms with van der Waals surface area (Å²) in [6.07, 6.45) is 3.10. The zero-order valence-corrected chi connectivity index (χ0v) is 14.2. The molecular weight excluding hydrogens is 340 g/mol. The number of nitriles is 1. The molecule has 1 aromatic carbocycles. The number of pyridine rings is 1. The van der Waals surface area contributed by atoms with Gasteiger partial charge < -0.3 is 4.90 Å². The molecule has 0 atom stereocenters. The highest BCUT2D eigenvalue weighted by molar-refractivity contribution is 7.89. The zero-order chi connectivity index (χ0) is 17.9. The number of hydrogen-bond donors (Lipinski definition) is 0. The molecule has 1 fully saturated rings. The minimum atomic E-state index is -3.63. The van der Waals surface area contributed by atoms with Crippen molar-refractivity contribution in [2.75, 3.05) is 26.2 Å². The van der Waals surface area contributed by atoms with Crippen LogP contribution in [0.15, 0.2) is 53.7 Å². The Hall–Kier alpha value is -2.76. The van der Waals surface area contributed by atoms with Crippen LogP contribution < -0.4 is 0 Å². The Morgan fingerprint density at radius 3 is 2.32 bits per heavy atom. The Kier molecular flexibility index (Phi) is 4.79. The molecule has 1 aromatic heterocycles. The Morgan fingerprint density at radius 2 is 1.76 bits per heavy atom. The number of piperazine rings is 1. The van der Waals surface area contributed by atoms with Crippen molar-refractivity contribution in [2.24, 2.45) is 0 Å². The molecule has 128 valence electrons. The summed E-state index contributed by atoms with van der Waals surface area (Å²) in [5.74, 6) is -0.150. The summed E-state index contributed by atoms with van der Waals surface area (Å²) in [6, 6.07) is 11.2. The van der Waals surface area contributed by atoms with E-state index in [1.54, 1.807) is 23.2 Å². The Labute approximate surface area is 146 Å². The maximum absolute atomic E-state index is 12.7. The van der Waals surface area contributed by atoms with E-state index in [4.69, 9.17) is 5.26 Å². The molecule has 0 spiro atoms. The molecular formula is C17H16N4O3S. The van der Waals surface area contributed by atoms with E-state index in [0.29, 0.717) is 24.2 Å². The van der Waals surface area contributed by atoms with Gasteiger partial charge in [-0.1, -0.05) is 0 Å². The van der Waals surface area contributed by atoms with Crippen molar-refractivity contribution in [2.45, 2.75) is 4.90 Å². The number of nitrogens with zero attached hydrogens (tertiary/aromatic N) is 4. The Bertz CT molecular complexity index is 897. The third-order valence-electron chi connectivity index (χ3n) is 4.06. The van der Waals surface area contributed by atoms with Crippen molar-refractivity contribution in [1.82, 2.24) is 14.2 Å². The summed E-state index contributed by atoms with van der Waals surface area (Å²) < 4.78 is 26.7. The molecule has 3 rings (SSSR count). The van der Waals surface area contributed by atoms with Gasteiger partial charge in [-0.3, -0.25) is 9.78 Å². The van der Waals surface area contributed by atoms with Crippen LogP contribution >= 0.6 is 0 Å². The normalized spacial score (nSPS) is 15.6. The molecule has 1 aliphatic heterocycles. The summed E-state index contributed by atoms with van der Waals surface area (Å²) in [5.41, 5.74) is 0.900. The van der Waals surface area contributed by atoms with Gasteiger partial charge in [-0.05, 0) is 36.4 Å². The van der Waals surface area contributed by atoms with Crippen molar-refractivity contribution in [1.29, 1.82) is 5.26 Å². The third kappa shape index (κ3) is 3.52. The lowest BCUT2D eigenvalue weighted by molar-refractivity contribution is 0.0697. The van der Waals surface area contributed by atoms with E-state index in [2.05, 4.69) is 4.98 Å². The first-order valence-electron chi connectivity index (χ1n) is 7.72. The zero-order valence-electron chi connectivity index (χ0n) is 13.4. The van der Waals surface area contributed by atoms with Gasteiger partial charge in [0.05, 0.1) is 22.1 Å². The molecule has 25 heavy (non-hydrogen) atoms. The van der Waals surface area contributed by atoms with Gasteiger partial charge in [0.15, 0.2) is 0 Å². The highest BCUT2D eigenvalue weighted by Crippen LogP contribution is 2.19. The summed E-state index contributed by atoms with van der Waals surface area (Å²) in [7, 11) is -3.63. The van der Waals surface area contributed by atoms with Gasteiger partial charge in [-0.25, -0.2) is 8.42 Å². The molecule has 7 nitrogen and oxygen atoms in total. The van der Waals surface area contributed by atoms with Gasteiger partial charge in [0.1, 0.15) is 0 Å². The molecule has 8 heteroatoms. The summed E-state index contributed by atoms with van der Waals surface area (Å²) in [6.45, 7) is 1.11. The number of aromatic nitrogens is 1. The second-order valence-corrected chi connectivity index (χ2v) is 7.51. The minimum absolute atomic E-state index is 0.150. The summed E-state index contributed by atoms with van der Waals surface area (Å²) >= 11 is 0. The smallest absolute Gasteiger partial charge is 0.255 e. The molecule has 0 radical (unpaired) electrons. The number of rotatable bonds is 3. The topological polar surface area (TPSA) is 94.4 Å². The fraction of sp³-hybridized carbons (Fsp3) is 0.235. The monoisotopic (exact) mass is 356 g/mol. The predicted molar refractivity (Wildman–Crippen MR) is 90.1 cm³/mol. The molecule has 2 aromatic rings. The first-order chi connectivity index (χ1) is 12.0. The lowest BCUT2D eigenvalue weighted by Gasteiger charge is -2.34. The molecule has 0 N–H and O–H groups in total. The maximum Gasteiger partial charge on any atom is 0.255 e. The number of hydrogen-bond acceptors (Lipinski definition) is 5. The number of carbonyl (C=O) groups excluding carboxylic acids is 1. The highest BCUT2D eigenvalue weighted by atomic mass is 32.2. The maximum atomic E-state index is 12.7. The van der Waals surface area contributed by atoms with E-state index >= 15 is 0 Å². The van der Waals surface area contributed by atoms with Crippen molar-refractivity contribution < 1.29 is 13.2 Å². The van der Waals surface area contributed by atoms with E-state index in [-0.39, 0.29) is 23.9 Å². The van der Waals surface area contributed by atoms with E-state index in [1.807, 2.05) is 6.07 Å². The fourth-order valence-corrected chi connectivity index (χ4v) is 4.08. The highest BCUT2D eigenvalue weighted by Gasteiger charge is 2.30. The standard InChI is InChI=1S/C17H16N4O3S/c18-12-14-3-5-16(6-4-14)25(23,24)21-10-8-20(9-11-21)17(22)15-2-1-7-19-13-15/h1-7,13H,8-11H2. The van der Waals surface area contributed by atoms with Crippen LogP contribution in [0.3, 0.4) is 0 Å². The van der Waals surface area contributed by atoms with Crippen LogP contribution in [0.2, 0.25) is 0 Å². The van der Waals surface area contributed by atoms with Crippen LogP contribution in [-0.4, -0.2) is 54.7 Å². The van der Waals surface area contributed by atoms with Crippen molar-refractivity contribution >= 4 is 15.9 Å². The second kappa shape index (κ2) is 7.01. The first kappa shape index (κ1) is 17.1. The molecule has 2 heterocycles. The number of amides is 1. The molecule has 1 aliphatic rings. The molecule has 1 amide bonds.